The number of carbonyl (C=O) groups is 1. The van der Waals surface area contributed by atoms with E-state index in [1.807, 2.05) is 0 Å². The summed E-state index contributed by atoms with van der Waals surface area (Å²) >= 11 is 0. The maximum Gasteiger partial charge on any atom is 0.248 e. The quantitative estimate of drug-likeness (QED) is 0.700. The minimum absolute atomic E-state index is 0.320. The molecular weight excluding hydrogens is 223 g/mol. The molecule has 1 rings (SSSR count). The van der Waals surface area contributed by atoms with E-state index < -0.39 is 5.91 Å². The van der Waals surface area contributed by atoms with Crippen molar-refractivity contribution in [2.24, 2.45) is 5.73 Å². The number of carbonyl (C=O) groups excluding carboxylic acids is 1. The Hall–Kier alpha value is -1.46. The van der Waals surface area contributed by atoms with Crippen LogP contribution >= 0.6 is 0 Å². The van der Waals surface area contributed by atoms with Crippen molar-refractivity contribution in [3.63, 3.8) is 0 Å². The second-order valence-corrected chi connectivity index (χ2v) is 3.69. The van der Waals surface area contributed by atoms with Crippen LogP contribution in [0.1, 0.15) is 22.3 Å². The third kappa shape index (κ3) is 4.50. The van der Waals surface area contributed by atoms with Crippen LogP contribution < -0.4 is 11.1 Å². The molecule has 0 unspecified atom stereocenters. The molecule has 0 fully saturated rings. The van der Waals surface area contributed by atoms with E-state index in [1.165, 1.54) is 18.2 Å². The van der Waals surface area contributed by atoms with Crippen molar-refractivity contribution < 1.29 is 13.9 Å². The van der Waals surface area contributed by atoms with Gasteiger partial charge in [-0.2, -0.15) is 0 Å². The lowest BCUT2D eigenvalue weighted by Crippen LogP contribution is -2.18. The molecule has 1 amide bonds. The lowest BCUT2D eigenvalue weighted by atomic mass is 10.1. The monoisotopic (exact) mass is 240 g/mol. The topological polar surface area (TPSA) is 64.3 Å². The number of amides is 1. The Morgan fingerprint density at radius 1 is 1.53 bits per heavy atom. The summed E-state index contributed by atoms with van der Waals surface area (Å²) in [5.41, 5.74) is 5.89. The van der Waals surface area contributed by atoms with E-state index >= 15 is 0 Å². The molecule has 0 radical (unpaired) electrons. The zero-order valence-corrected chi connectivity index (χ0v) is 9.83. The van der Waals surface area contributed by atoms with Crippen LogP contribution in [-0.2, 0) is 11.3 Å². The summed E-state index contributed by atoms with van der Waals surface area (Å²) in [6.45, 7) is 1.77. The molecule has 1 aromatic rings. The van der Waals surface area contributed by atoms with Gasteiger partial charge in [0.1, 0.15) is 5.82 Å². The van der Waals surface area contributed by atoms with Crippen molar-refractivity contribution in [2.45, 2.75) is 13.0 Å². The molecule has 0 aliphatic rings. The SMILES string of the molecule is COCCCNCc1cc(C(N)=O)ccc1F. The van der Waals surface area contributed by atoms with Crippen LogP contribution in [0.4, 0.5) is 4.39 Å². The van der Waals surface area contributed by atoms with Gasteiger partial charge in [0.2, 0.25) is 5.91 Å². The number of hydrogen-bond acceptors (Lipinski definition) is 3. The summed E-state index contributed by atoms with van der Waals surface area (Å²) in [5.74, 6) is -0.889. The second kappa shape index (κ2) is 6.98. The number of ether oxygens (including phenoxy) is 1. The van der Waals surface area contributed by atoms with Gasteiger partial charge in [0.15, 0.2) is 0 Å². The highest BCUT2D eigenvalue weighted by Gasteiger charge is 2.06. The summed E-state index contributed by atoms with van der Waals surface area (Å²) in [6, 6.07) is 4.11. The average molecular weight is 240 g/mol. The van der Waals surface area contributed by atoms with Crippen LogP contribution in [0.2, 0.25) is 0 Å². The molecule has 0 saturated heterocycles. The fourth-order valence-electron chi connectivity index (χ4n) is 1.43. The summed E-state index contributed by atoms with van der Waals surface area (Å²) in [5, 5.41) is 3.07. The number of nitrogens with one attached hydrogen (secondary N) is 1. The van der Waals surface area contributed by atoms with Crippen molar-refractivity contribution >= 4 is 5.91 Å². The molecule has 1 aromatic carbocycles. The largest absolute Gasteiger partial charge is 0.385 e. The summed E-state index contributed by atoms with van der Waals surface area (Å²) < 4.78 is 18.3. The van der Waals surface area contributed by atoms with Crippen molar-refractivity contribution in [1.82, 2.24) is 5.32 Å². The minimum Gasteiger partial charge on any atom is -0.385 e. The minimum atomic E-state index is -0.550. The van der Waals surface area contributed by atoms with E-state index in [4.69, 9.17) is 10.5 Å². The zero-order valence-electron chi connectivity index (χ0n) is 9.83. The van der Waals surface area contributed by atoms with Gasteiger partial charge in [-0.25, -0.2) is 4.39 Å². The van der Waals surface area contributed by atoms with Gasteiger partial charge < -0.3 is 15.8 Å². The molecule has 17 heavy (non-hydrogen) atoms. The predicted octanol–water partition coefficient (Wildman–Crippen LogP) is 1.05. The lowest BCUT2D eigenvalue weighted by Gasteiger charge is -2.07. The van der Waals surface area contributed by atoms with E-state index in [-0.39, 0.29) is 5.82 Å². The third-order valence-electron chi connectivity index (χ3n) is 2.35. The Kier molecular flexibility index (Phi) is 5.59. The number of primary amides is 1. The number of hydrogen-bond donors (Lipinski definition) is 2. The van der Waals surface area contributed by atoms with Crippen molar-refractivity contribution in [1.29, 1.82) is 0 Å². The molecule has 0 heterocycles. The van der Waals surface area contributed by atoms with E-state index in [2.05, 4.69) is 5.32 Å². The molecule has 0 spiro atoms. The first kappa shape index (κ1) is 13.6. The molecule has 3 N–H and O–H groups in total. The summed E-state index contributed by atoms with van der Waals surface area (Å²) in [7, 11) is 1.63. The first-order valence-corrected chi connectivity index (χ1v) is 5.43. The van der Waals surface area contributed by atoms with Gasteiger partial charge in [0, 0.05) is 31.4 Å². The van der Waals surface area contributed by atoms with Gasteiger partial charge in [-0.15, -0.1) is 0 Å². The average Bonchev–Trinajstić information content (AvgIpc) is 2.30. The van der Waals surface area contributed by atoms with E-state index in [9.17, 15) is 9.18 Å². The fourth-order valence-corrected chi connectivity index (χ4v) is 1.43. The van der Waals surface area contributed by atoms with Crippen LogP contribution in [0.3, 0.4) is 0 Å². The molecule has 4 nitrogen and oxygen atoms in total. The second-order valence-electron chi connectivity index (χ2n) is 3.69. The molecular formula is C12H17FN2O2. The molecule has 0 aliphatic heterocycles. The Bertz CT molecular complexity index is 383. The van der Waals surface area contributed by atoms with Gasteiger partial charge in [-0.05, 0) is 31.2 Å². The number of rotatable bonds is 7. The highest BCUT2D eigenvalue weighted by molar-refractivity contribution is 5.92. The van der Waals surface area contributed by atoms with Crippen molar-refractivity contribution in [2.75, 3.05) is 20.3 Å². The Balaban J connectivity index is 2.51. The number of methoxy groups -OCH3 is 1. The van der Waals surface area contributed by atoms with Crippen LogP contribution in [0, 0.1) is 5.82 Å². The van der Waals surface area contributed by atoms with Gasteiger partial charge in [-0.3, -0.25) is 4.79 Å². The molecule has 94 valence electrons. The van der Waals surface area contributed by atoms with E-state index in [0.29, 0.717) is 24.3 Å². The van der Waals surface area contributed by atoms with E-state index in [1.54, 1.807) is 7.11 Å². The number of nitrogens with two attached hydrogens (primary N) is 1. The molecule has 0 atom stereocenters. The van der Waals surface area contributed by atoms with Crippen LogP contribution in [0.15, 0.2) is 18.2 Å². The standard InChI is InChI=1S/C12H17FN2O2/c1-17-6-2-5-15-8-10-7-9(12(14)16)3-4-11(10)13/h3-4,7,15H,2,5-6,8H2,1H3,(H2,14,16). The molecule has 0 saturated carbocycles. The Morgan fingerprint density at radius 2 is 2.29 bits per heavy atom. The fraction of sp³-hybridized carbons (Fsp3) is 0.417. The lowest BCUT2D eigenvalue weighted by molar-refractivity contribution is 0.1000. The first-order chi connectivity index (χ1) is 8.15. The van der Waals surface area contributed by atoms with Gasteiger partial charge in [0.25, 0.3) is 0 Å². The Labute approximate surface area is 100.0 Å². The summed E-state index contributed by atoms with van der Waals surface area (Å²) in [4.78, 5) is 10.9. The van der Waals surface area contributed by atoms with Crippen LogP contribution in [0.25, 0.3) is 0 Å². The zero-order chi connectivity index (χ0) is 12.7. The number of halogens is 1. The smallest absolute Gasteiger partial charge is 0.248 e. The maximum absolute atomic E-state index is 13.4. The van der Waals surface area contributed by atoms with E-state index in [0.717, 1.165) is 13.0 Å². The normalized spacial score (nSPS) is 10.5. The maximum atomic E-state index is 13.4. The predicted molar refractivity (Wildman–Crippen MR) is 63.1 cm³/mol. The van der Waals surface area contributed by atoms with Crippen LogP contribution in [0.5, 0.6) is 0 Å². The third-order valence-corrected chi connectivity index (χ3v) is 2.35. The van der Waals surface area contributed by atoms with Gasteiger partial charge in [0.05, 0.1) is 0 Å². The van der Waals surface area contributed by atoms with Gasteiger partial charge in [-0.1, -0.05) is 0 Å². The summed E-state index contributed by atoms with van der Waals surface area (Å²) in [6.07, 6.45) is 0.855. The highest BCUT2D eigenvalue weighted by atomic mass is 19.1. The highest BCUT2D eigenvalue weighted by Crippen LogP contribution is 2.10. The molecule has 0 bridgehead atoms. The molecule has 0 aromatic heterocycles. The molecule has 0 aliphatic carbocycles. The Morgan fingerprint density at radius 3 is 2.94 bits per heavy atom. The first-order valence-electron chi connectivity index (χ1n) is 5.43. The number of benzene rings is 1. The van der Waals surface area contributed by atoms with Gasteiger partial charge >= 0.3 is 0 Å². The molecule has 5 heteroatoms. The van der Waals surface area contributed by atoms with Crippen molar-refractivity contribution in [3.05, 3.63) is 35.1 Å². The van der Waals surface area contributed by atoms with Crippen molar-refractivity contribution in [3.8, 4) is 0 Å². The van der Waals surface area contributed by atoms with Crippen LogP contribution in [-0.4, -0.2) is 26.2 Å².